The third-order valence-electron chi connectivity index (χ3n) is 6.73. The Kier molecular flexibility index (Phi) is 5.05. The second kappa shape index (κ2) is 7.88. The highest BCUT2D eigenvalue weighted by atomic mass is 16.2. The van der Waals surface area contributed by atoms with Gasteiger partial charge in [-0.15, -0.1) is 0 Å². The van der Waals surface area contributed by atoms with Crippen molar-refractivity contribution in [2.24, 2.45) is 0 Å². The second-order valence-electron chi connectivity index (χ2n) is 8.87. The molecule has 1 fully saturated rings. The number of piperazine rings is 1. The van der Waals surface area contributed by atoms with Crippen LogP contribution in [0.2, 0.25) is 0 Å². The molecule has 3 heterocycles. The van der Waals surface area contributed by atoms with Crippen LogP contribution in [0.3, 0.4) is 0 Å². The van der Waals surface area contributed by atoms with Gasteiger partial charge in [-0.2, -0.15) is 0 Å². The van der Waals surface area contributed by atoms with Crippen molar-refractivity contribution in [1.29, 1.82) is 0 Å². The van der Waals surface area contributed by atoms with Gasteiger partial charge in [0.05, 0.1) is 12.6 Å². The molecule has 2 atom stereocenters. The number of carbonyl (C=O) groups excluding carboxylic acids is 2. The zero-order valence-electron chi connectivity index (χ0n) is 18.2. The van der Waals surface area contributed by atoms with E-state index in [0.29, 0.717) is 13.0 Å². The van der Waals surface area contributed by atoms with Crippen molar-refractivity contribution >= 4 is 22.7 Å². The number of rotatable bonds is 5. The third kappa shape index (κ3) is 3.32. The second-order valence-corrected chi connectivity index (χ2v) is 8.87. The summed E-state index contributed by atoms with van der Waals surface area (Å²) < 4.78 is 0. The monoisotopic (exact) mass is 415 g/mol. The number of benzene rings is 2. The highest BCUT2D eigenvalue weighted by molar-refractivity contribution is 5.97. The molecule has 2 amide bonds. The molecule has 0 spiro atoms. The molecule has 5 nitrogen and oxygen atoms in total. The van der Waals surface area contributed by atoms with E-state index >= 15 is 0 Å². The predicted molar refractivity (Wildman–Crippen MR) is 122 cm³/mol. The van der Waals surface area contributed by atoms with E-state index in [1.165, 1.54) is 5.56 Å². The van der Waals surface area contributed by atoms with Crippen LogP contribution in [-0.2, 0) is 16.0 Å². The average Bonchev–Trinajstić information content (AvgIpc) is 3.14. The van der Waals surface area contributed by atoms with Crippen molar-refractivity contribution in [3.63, 3.8) is 0 Å². The van der Waals surface area contributed by atoms with Crippen LogP contribution >= 0.6 is 0 Å². The van der Waals surface area contributed by atoms with Crippen LogP contribution in [0.15, 0.2) is 48.5 Å². The number of H-pyrrole nitrogens is 1. The van der Waals surface area contributed by atoms with Crippen LogP contribution in [0.1, 0.15) is 54.6 Å². The summed E-state index contributed by atoms with van der Waals surface area (Å²) in [5.74, 6) is 0.126. The summed E-state index contributed by atoms with van der Waals surface area (Å²) in [4.78, 5) is 34.2. The average molecular weight is 416 g/mol. The first-order valence-electron chi connectivity index (χ1n) is 11.3. The summed E-state index contributed by atoms with van der Waals surface area (Å²) in [6, 6.07) is 15.8. The van der Waals surface area contributed by atoms with Gasteiger partial charge in [0.2, 0.25) is 11.8 Å². The Morgan fingerprint density at radius 3 is 2.71 bits per heavy atom. The van der Waals surface area contributed by atoms with Gasteiger partial charge in [-0.1, -0.05) is 67.8 Å². The van der Waals surface area contributed by atoms with Crippen molar-refractivity contribution in [3.8, 4) is 0 Å². The normalized spacial score (nSPS) is 20.8. The van der Waals surface area contributed by atoms with Crippen LogP contribution in [0.4, 0.5) is 0 Å². The molecule has 0 saturated carbocycles. The molecule has 2 aliphatic rings. The number of fused-ring (bicyclic) bond motifs is 4. The number of carbonyl (C=O) groups is 2. The van der Waals surface area contributed by atoms with E-state index in [4.69, 9.17) is 0 Å². The summed E-state index contributed by atoms with van der Waals surface area (Å²) in [6.45, 7) is 5.06. The molecule has 2 aromatic carbocycles. The highest BCUT2D eigenvalue weighted by Crippen LogP contribution is 2.42. The SMILES string of the molecule is CCCCCN1CC(=O)N2C(Cc3c([nH]c4ccccc34)C2c2cccc(C)c2)C1=O. The summed E-state index contributed by atoms with van der Waals surface area (Å²) in [5, 5.41) is 1.15. The Morgan fingerprint density at radius 2 is 1.90 bits per heavy atom. The van der Waals surface area contributed by atoms with Crippen molar-refractivity contribution in [2.45, 2.75) is 51.6 Å². The largest absolute Gasteiger partial charge is 0.356 e. The van der Waals surface area contributed by atoms with Gasteiger partial charge in [0.15, 0.2) is 0 Å². The maximum absolute atomic E-state index is 13.5. The fraction of sp³-hybridized carbons (Fsp3) is 0.385. The first kappa shape index (κ1) is 19.9. The number of unbranched alkanes of at least 4 members (excludes halogenated alkanes) is 2. The Hall–Kier alpha value is -3.08. The Bertz CT molecular complexity index is 1150. The molecular weight excluding hydrogens is 386 g/mol. The van der Waals surface area contributed by atoms with Gasteiger partial charge in [-0.05, 0) is 30.5 Å². The van der Waals surface area contributed by atoms with Crippen molar-refractivity contribution < 1.29 is 9.59 Å². The molecule has 5 heteroatoms. The number of hydrogen-bond donors (Lipinski definition) is 1. The van der Waals surface area contributed by atoms with Crippen molar-refractivity contribution in [2.75, 3.05) is 13.1 Å². The molecule has 160 valence electrons. The lowest BCUT2D eigenvalue weighted by molar-refractivity contribution is -0.158. The van der Waals surface area contributed by atoms with Crippen LogP contribution in [-0.4, -0.2) is 45.7 Å². The van der Waals surface area contributed by atoms with Crippen LogP contribution in [0.25, 0.3) is 10.9 Å². The number of hydrogen-bond acceptors (Lipinski definition) is 2. The van der Waals surface area contributed by atoms with Gasteiger partial charge in [-0.25, -0.2) is 0 Å². The molecule has 0 radical (unpaired) electrons. The zero-order chi connectivity index (χ0) is 21.5. The smallest absolute Gasteiger partial charge is 0.246 e. The van der Waals surface area contributed by atoms with Crippen LogP contribution in [0.5, 0.6) is 0 Å². The standard InChI is InChI=1S/C26H29N3O2/c1-3-4-7-13-28-16-23(30)29-22(26(28)31)15-20-19-11-5-6-12-21(19)27-24(20)25(29)18-10-8-9-17(2)14-18/h5-6,8-12,14,22,25,27H,3-4,7,13,15-16H2,1-2H3. The predicted octanol–water partition coefficient (Wildman–Crippen LogP) is 4.35. The van der Waals surface area contributed by atoms with Gasteiger partial charge < -0.3 is 14.8 Å². The lowest BCUT2D eigenvalue weighted by Crippen LogP contribution is -2.63. The Morgan fingerprint density at radius 1 is 1.06 bits per heavy atom. The summed E-state index contributed by atoms with van der Waals surface area (Å²) in [7, 11) is 0. The number of aromatic nitrogens is 1. The Labute approximate surface area is 183 Å². The van der Waals surface area contributed by atoms with Gasteiger partial charge in [0, 0.05) is 29.6 Å². The lowest BCUT2D eigenvalue weighted by Gasteiger charge is -2.47. The quantitative estimate of drug-likeness (QED) is 0.630. The summed E-state index contributed by atoms with van der Waals surface area (Å²) in [6.07, 6.45) is 3.68. The van der Waals surface area contributed by atoms with Gasteiger partial charge in [0.25, 0.3) is 0 Å². The van der Waals surface area contributed by atoms with Gasteiger partial charge in [0.1, 0.15) is 6.04 Å². The van der Waals surface area contributed by atoms with Crippen molar-refractivity contribution in [3.05, 3.63) is 70.9 Å². The van der Waals surface area contributed by atoms with E-state index in [1.807, 2.05) is 23.1 Å². The van der Waals surface area contributed by atoms with E-state index in [2.05, 4.69) is 49.2 Å². The molecule has 2 aliphatic heterocycles. The molecule has 1 aromatic heterocycles. The lowest BCUT2D eigenvalue weighted by atomic mass is 9.86. The maximum atomic E-state index is 13.5. The maximum Gasteiger partial charge on any atom is 0.246 e. The minimum atomic E-state index is -0.444. The minimum absolute atomic E-state index is 0.0388. The molecule has 1 saturated heterocycles. The molecular formula is C26H29N3O2. The number of aromatic amines is 1. The fourth-order valence-corrected chi connectivity index (χ4v) is 5.25. The van der Waals surface area contributed by atoms with E-state index in [1.54, 1.807) is 4.90 Å². The topological polar surface area (TPSA) is 56.4 Å². The minimum Gasteiger partial charge on any atom is -0.356 e. The molecule has 31 heavy (non-hydrogen) atoms. The molecule has 3 aromatic rings. The molecule has 1 N–H and O–H groups in total. The molecule has 2 unspecified atom stereocenters. The summed E-state index contributed by atoms with van der Waals surface area (Å²) >= 11 is 0. The first-order chi connectivity index (χ1) is 15.1. The van der Waals surface area contributed by atoms with E-state index in [0.717, 1.165) is 47.0 Å². The summed E-state index contributed by atoms with van der Waals surface area (Å²) in [5.41, 5.74) is 5.47. The third-order valence-corrected chi connectivity index (χ3v) is 6.73. The molecule has 0 bridgehead atoms. The number of para-hydroxylation sites is 1. The number of aryl methyl sites for hydroxylation is 1. The molecule has 5 rings (SSSR count). The van der Waals surface area contributed by atoms with Crippen LogP contribution in [0, 0.1) is 6.92 Å². The number of nitrogens with zero attached hydrogens (tertiary/aromatic N) is 2. The van der Waals surface area contributed by atoms with Gasteiger partial charge >= 0.3 is 0 Å². The van der Waals surface area contributed by atoms with E-state index in [-0.39, 0.29) is 24.4 Å². The zero-order valence-corrected chi connectivity index (χ0v) is 18.2. The molecule has 0 aliphatic carbocycles. The van der Waals surface area contributed by atoms with E-state index in [9.17, 15) is 9.59 Å². The van der Waals surface area contributed by atoms with E-state index < -0.39 is 6.04 Å². The number of amides is 2. The Balaban J connectivity index is 1.62. The van der Waals surface area contributed by atoms with Crippen LogP contribution < -0.4 is 0 Å². The fourth-order valence-electron chi connectivity index (χ4n) is 5.25. The van der Waals surface area contributed by atoms with Gasteiger partial charge in [-0.3, -0.25) is 9.59 Å². The first-order valence-corrected chi connectivity index (χ1v) is 11.3. The van der Waals surface area contributed by atoms with Crippen molar-refractivity contribution in [1.82, 2.24) is 14.8 Å². The number of nitrogens with one attached hydrogen (secondary N) is 1. The highest BCUT2D eigenvalue weighted by Gasteiger charge is 2.48.